The molecule has 0 saturated carbocycles. The van der Waals surface area contributed by atoms with Crippen LogP contribution in [-0.2, 0) is 0 Å². The lowest BCUT2D eigenvalue weighted by molar-refractivity contribution is 0.0974. The molecule has 3 heterocycles. The number of thiazole rings is 1. The van der Waals surface area contributed by atoms with Crippen LogP contribution < -0.4 is 19.7 Å². The van der Waals surface area contributed by atoms with E-state index in [1.165, 1.54) is 0 Å². The lowest BCUT2D eigenvalue weighted by atomic mass is 10.1. The van der Waals surface area contributed by atoms with Crippen LogP contribution in [0, 0.1) is 0 Å². The number of hydrogen-bond acceptors (Lipinski definition) is 6. The number of ether oxygens (including phenoxy) is 2. The third-order valence-corrected chi connectivity index (χ3v) is 6.21. The van der Waals surface area contributed by atoms with Gasteiger partial charge < -0.3 is 14.8 Å². The van der Waals surface area contributed by atoms with Crippen LogP contribution in [0.4, 0.5) is 11.4 Å². The SMILES string of the molecule is CC(C)c1nc(C2Nc3ccccc3C(=O)N2c2ccc3c(c2)OCCO3)cs1. The van der Waals surface area contributed by atoms with E-state index in [1.807, 2.05) is 47.8 Å². The summed E-state index contributed by atoms with van der Waals surface area (Å²) in [5, 5.41) is 6.58. The number of para-hydroxylation sites is 1. The van der Waals surface area contributed by atoms with Crippen molar-refractivity contribution in [3.05, 3.63) is 64.1 Å². The Morgan fingerprint density at radius 3 is 2.72 bits per heavy atom. The molecular formula is C22H21N3O3S. The Morgan fingerprint density at radius 1 is 1.14 bits per heavy atom. The van der Waals surface area contributed by atoms with Gasteiger partial charge in [-0.05, 0) is 24.3 Å². The van der Waals surface area contributed by atoms with Gasteiger partial charge in [-0.1, -0.05) is 26.0 Å². The lowest BCUT2D eigenvalue weighted by Gasteiger charge is -2.37. The molecule has 1 aromatic heterocycles. The van der Waals surface area contributed by atoms with Crippen LogP contribution in [0.5, 0.6) is 11.5 Å². The number of aromatic nitrogens is 1. The number of rotatable bonds is 3. The minimum atomic E-state index is -0.399. The van der Waals surface area contributed by atoms with Crippen LogP contribution in [0.15, 0.2) is 47.8 Å². The van der Waals surface area contributed by atoms with Crippen LogP contribution in [0.3, 0.4) is 0 Å². The van der Waals surface area contributed by atoms with E-state index in [1.54, 1.807) is 16.2 Å². The maximum atomic E-state index is 13.5. The van der Waals surface area contributed by atoms with Gasteiger partial charge in [0.1, 0.15) is 13.2 Å². The predicted molar refractivity (Wildman–Crippen MR) is 113 cm³/mol. The van der Waals surface area contributed by atoms with Crippen molar-refractivity contribution in [1.29, 1.82) is 0 Å². The van der Waals surface area contributed by atoms with Crippen molar-refractivity contribution in [1.82, 2.24) is 4.98 Å². The zero-order valence-electron chi connectivity index (χ0n) is 16.2. The summed E-state index contributed by atoms with van der Waals surface area (Å²) < 4.78 is 11.4. The molecule has 6 nitrogen and oxygen atoms in total. The highest BCUT2D eigenvalue weighted by Gasteiger charge is 2.36. The Kier molecular flexibility index (Phi) is 4.39. The van der Waals surface area contributed by atoms with Crippen molar-refractivity contribution in [3.8, 4) is 11.5 Å². The Balaban J connectivity index is 1.61. The second-order valence-electron chi connectivity index (χ2n) is 7.36. The molecule has 3 aromatic rings. The summed E-state index contributed by atoms with van der Waals surface area (Å²) >= 11 is 1.62. The Hall–Kier alpha value is -3.06. The fraction of sp³-hybridized carbons (Fsp3) is 0.273. The summed E-state index contributed by atoms with van der Waals surface area (Å²) in [6, 6.07) is 13.2. The number of benzene rings is 2. The highest BCUT2D eigenvalue weighted by molar-refractivity contribution is 7.09. The summed E-state index contributed by atoms with van der Waals surface area (Å²) in [6.45, 7) is 5.27. The van der Waals surface area contributed by atoms with Gasteiger partial charge in [0.2, 0.25) is 0 Å². The predicted octanol–water partition coefficient (Wildman–Crippen LogP) is 4.81. The monoisotopic (exact) mass is 407 g/mol. The molecule has 0 saturated heterocycles. The van der Waals surface area contributed by atoms with Crippen molar-refractivity contribution in [2.75, 3.05) is 23.4 Å². The molecule has 1 N–H and O–H groups in total. The van der Waals surface area contributed by atoms with E-state index >= 15 is 0 Å². The van der Waals surface area contributed by atoms with Crippen LogP contribution in [-0.4, -0.2) is 24.1 Å². The molecule has 0 fully saturated rings. The Morgan fingerprint density at radius 2 is 1.93 bits per heavy atom. The number of carbonyl (C=O) groups excluding carboxylic acids is 1. The van der Waals surface area contributed by atoms with Gasteiger partial charge in [0.05, 0.1) is 22.0 Å². The molecule has 2 aliphatic heterocycles. The zero-order valence-corrected chi connectivity index (χ0v) is 17.0. The molecule has 0 radical (unpaired) electrons. The molecule has 29 heavy (non-hydrogen) atoms. The van der Waals surface area contributed by atoms with Gasteiger partial charge in [-0.2, -0.15) is 0 Å². The fourth-order valence-corrected chi connectivity index (χ4v) is 4.45. The van der Waals surface area contributed by atoms with E-state index in [4.69, 9.17) is 14.5 Å². The summed E-state index contributed by atoms with van der Waals surface area (Å²) in [5.74, 6) is 1.62. The minimum Gasteiger partial charge on any atom is -0.486 e. The maximum Gasteiger partial charge on any atom is 0.262 e. The minimum absolute atomic E-state index is 0.0693. The van der Waals surface area contributed by atoms with Crippen molar-refractivity contribution < 1.29 is 14.3 Å². The van der Waals surface area contributed by atoms with Gasteiger partial charge in [-0.15, -0.1) is 11.3 Å². The van der Waals surface area contributed by atoms with Gasteiger partial charge in [-0.3, -0.25) is 9.69 Å². The topological polar surface area (TPSA) is 63.7 Å². The van der Waals surface area contributed by atoms with Crippen molar-refractivity contribution in [3.63, 3.8) is 0 Å². The highest BCUT2D eigenvalue weighted by Crippen LogP contribution is 2.41. The number of amides is 1. The molecule has 2 aliphatic rings. The molecule has 148 valence electrons. The Bertz CT molecular complexity index is 1080. The van der Waals surface area contributed by atoms with E-state index in [-0.39, 0.29) is 5.91 Å². The molecule has 2 aromatic carbocycles. The van der Waals surface area contributed by atoms with Crippen molar-refractivity contribution >= 4 is 28.6 Å². The van der Waals surface area contributed by atoms with Crippen LogP contribution in [0.2, 0.25) is 0 Å². The number of nitrogens with zero attached hydrogens (tertiary/aromatic N) is 2. The molecule has 0 spiro atoms. The van der Waals surface area contributed by atoms with Gasteiger partial charge in [0.15, 0.2) is 17.7 Å². The number of fused-ring (bicyclic) bond motifs is 2. The van der Waals surface area contributed by atoms with Crippen LogP contribution in [0.1, 0.15) is 47.0 Å². The van der Waals surface area contributed by atoms with E-state index in [2.05, 4.69) is 19.2 Å². The van der Waals surface area contributed by atoms with E-state index in [0.717, 1.165) is 22.1 Å². The molecular weight excluding hydrogens is 386 g/mol. The average molecular weight is 407 g/mol. The number of carbonyl (C=O) groups is 1. The second-order valence-corrected chi connectivity index (χ2v) is 8.25. The summed E-state index contributed by atoms with van der Waals surface area (Å²) in [6.07, 6.45) is -0.399. The maximum absolute atomic E-state index is 13.5. The summed E-state index contributed by atoms with van der Waals surface area (Å²) in [7, 11) is 0. The average Bonchev–Trinajstić information content (AvgIpc) is 3.24. The largest absolute Gasteiger partial charge is 0.486 e. The fourth-order valence-electron chi connectivity index (χ4n) is 3.60. The highest BCUT2D eigenvalue weighted by atomic mass is 32.1. The Labute approximate surface area is 173 Å². The first-order valence-electron chi connectivity index (χ1n) is 9.66. The third-order valence-electron chi connectivity index (χ3n) is 5.04. The third kappa shape index (κ3) is 3.11. The standard InChI is InChI=1S/C22H21N3O3S/c1-13(2)21-24-17(12-29-21)20-23-16-6-4-3-5-15(16)22(26)25(20)14-7-8-18-19(11-14)28-10-9-27-18/h3-8,11-13,20,23H,9-10H2,1-2H3. The molecule has 1 amide bonds. The van der Waals surface area contributed by atoms with Crippen LogP contribution >= 0.6 is 11.3 Å². The second kappa shape index (κ2) is 7.08. The van der Waals surface area contributed by atoms with Crippen molar-refractivity contribution in [2.24, 2.45) is 0 Å². The quantitative estimate of drug-likeness (QED) is 0.675. The van der Waals surface area contributed by atoms with Gasteiger partial charge in [0, 0.05) is 23.1 Å². The number of nitrogens with one attached hydrogen (secondary N) is 1. The first-order chi connectivity index (χ1) is 14.1. The molecule has 0 bridgehead atoms. The first kappa shape index (κ1) is 18.0. The molecule has 1 unspecified atom stereocenters. The number of anilines is 2. The smallest absolute Gasteiger partial charge is 0.262 e. The lowest BCUT2D eigenvalue weighted by Crippen LogP contribution is -2.43. The molecule has 0 aliphatic carbocycles. The van der Waals surface area contributed by atoms with E-state index < -0.39 is 6.17 Å². The molecule has 1 atom stereocenters. The summed E-state index contributed by atoms with van der Waals surface area (Å²) in [5.41, 5.74) is 3.02. The number of hydrogen-bond donors (Lipinski definition) is 1. The summed E-state index contributed by atoms with van der Waals surface area (Å²) in [4.78, 5) is 20.1. The van der Waals surface area contributed by atoms with Gasteiger partial charge in [0.25, 0.3) is 5.91 Å². The normalized spacial score (nSPS) is 17.8. The first-order valence-corrected chi connectivity index (χ1v) is 10.5. The van der Waals surface area contributed by atoms with Gasteiger partial charge >= 0.3 is 0 Å². The van der Waals surface area contributed by atoms with Gasteiger partial charge in [-0.25, -0.2) is 4.98 Å². The van der Waals surface area contributed by atoms with Crippen molar-refractivity contribution in [2.45, 2.75) is 25.9 Å². The van der Waals surface area contributed by atoms with E-state index in [9.17, 15) is 4.79 Å². The zero-order chi connectivity index (χ0) is 20.0. The van der Waals surface area contributed by atoms with E-state index in [0.29, 0.717) is 36.2 Å². The molecule has 5 rings (SSSR count). The van der Waals surface area contributed by atoms with Crippen LogP contribution in [0.25, 0.3) is 0 Å². The molecule has 7 heteroatoms.